The number of carbonyl (C=O) groups is 1. The predicted octanol–water partition coefficient (Wildman–Crippen LogP) is 4.71. The molecule has 0 aromatic heterocycles. The summed E-state index contributed by atoms with van der Waals surface area (Å²) in [6.07, 6.45) is 0. The van der Waals surface area contributed by atoms with E-state index in [1.165, 1.54) is 10.6 Å². The Labute approximate surface area is 163 Å². The average molecular weight is 376 g/mol. The van der Waals surface area contributed by atoms with Gasteiger partial charge in [0, 0.05) is 0 Å². The lowest BCUT2D eigenvalue weighted by atomic mass is 10.1. The van der Waals surface area contributed by atoms with Crippen LogP contribution in [0.4, 0.5) is 0 Å². The maximum absolute atomic E-state index is 12.9. The first-order chi connectivity index (χ1) is 12.8. The van der Waals surface area contributed by atoms with Gasteiger partial charge in [0.15, 0.2) is 0 Å². The Morgan fingerprint density at radius 2 is 1.33 bits per heavy atom. The van der Waals surface area contributed by atoms with Crippen LogP contribution in [0.2, 0.25) is 0 Å². The van der Waals surface area contributed by atoms with E-state index < -0.39 is 13.5 Å². The smallest absolute Gasteiger partial charge is 0.339 e. The first-order valence-electron chi connectivity index (χ1n) is 9.09. The largest absolute Gasteiger partial charge is 0.456 e. The third-order valence-corrected chi connectivity index (χ3v) is 6.52. The van der Waals surface area contributed by atoms with Crippen LogP contribution in [-0.4, -0.2) is 11.6 Å². The molecule has 3 aromatic carbocycles. The van der Waals surface area contributed by atoms with E-state index in [2.05, 4.69) is 61.5 Å². The second-order valence-corrected chi connectivity index (χ2v) is 9.71. The zero-order valence-corrected chi connectivity index (χ0v) is 17.2. The Kier molecular flexibility index (Phi) is 5.77. The van der Waals surface area contributed by atoms with Gasteiger partial charge in [0.25, 0.3) is 0 Å². The molecule has 0 saturated carbocycles. The van der Waals surface area contributed by atoms with Gasteiger partial charge in [-0.05, 0) is 57.6 Å². The quantitative estimate of drug-likeness (QED) is 0.487. The van der Waals surface area contributed by atoms with Gasteiger partial charge in [0.05, 0.1) is 5.56 Å². The van der Waals surface area contributed by atoms with Crippen molar-refractivity contribution >= 4 is 29.8 Å². The summed E-state index contributed by atoms with van der Waals surface area (Å²) in [6, 6.07) is 26.8. The Morgan fingerprint density at radius 1 is 0.815 bits per heavy atom. The molecule has 0 amide bonds. The van der Waals surface area contributed by atoms with E-state index in [1.807, 2.05) is 45.0 Å². The van der Waals surface area contributed by atoms with E-state index in [4.69, 9.17) is 4.74 Å². The van der Waals surface area contributed by atoms with Crippen LogP contribution < -0.4 is 15.9 Å². The molecular weight excluding hydrogens is 351 g/mol. The van der Waals surface area contributed by atoms with Crippen molar-refractivity contribution in [2.24, 2.45) is 0 Å². The third kappa shape index (κ3) is 4.84. The molecule has 3 heteroatoms. The minimum Gasteiger partial charge on any atom is -0.456 e. The zero-order valence-electron chi connectivity index (χ0n) is 16.3. The SMILES string of the molecule is Cc1ccc(C(=O)OC(C)(C)C)c(P(c2ccccc2)c2ccccc2)c1. The topological polar surface area (TPSA) is 26.3 Å². The highest BCUT2D eigenvalue weighted by Crippen LogP contribution is 2.34. The van der Waals surface area contributed by atoms with E-state index >= 15 is 0 Å². The molecule has 0 aliphatic rings. The lowest BCUT2D eigenvalue weighted by Gasteiger charge is -2.24. The summed E-state index contributed by atoms with van der Waals surface area (Å²) in [4.78, 5) is 12.9. The van der Waals surface area contributed by atoms with E-state index in [0.717, 1.165) is 10.9 Å². The first-order valence-corrected chi connectivity index (χ1v) is 10.4. The van der Waals surface area contributed by atoms with Gasteiger partial charge < -0.3 is 4.74 Å². The Morgan fingerprint density at radius 3 is 1.81 bits per heavy atom. The second-order valence-electron chi connectivity index (χ2n) is 7.53. The van der Waals surface area contributed by atoms with E-state index in [-0.39, 0.29) is 5.97 Å². The number of benzene rings is 3. The Balaban J connectivity index is 2.18. The standard InChI is InChI=1S/C24H25O2P/c1-18-15-16-21(23(25)26-24(2,3)4)22(17-18)27(19-11-7-5-8-12-19)20-13-9-6-10-14-20/h5-17H,1-4H3. The second kappa shape index (κ2) is 8.06. The molecule has 0 heterocycles. The van der Waals surface area contributed by atoms with Crippen molar-refractivity contribution in [3.63, 3.8) is 0 Å². The highest BCUT2D eigenvalue weighted by molar-refractivity contribution is 7.80. The van der Waals surface area contributed by atoms with Crippen LogP contribution >= 0.6 is 7.92 Å². The zero-order chi connectivity index (χ0) is 19.4. The predicted molar refractivity (Wildman–Crippen MR) is 115 cm³/mol. The summed E-state index contributed by atoms with van der Waals surface area (Å²) < 4.78 is 5.70. The fourth-order valence-electron chi connectivity index (χ4n) is 2.91. The molecule has 138 valence electrons. The molecule has 3 rings (SSSR count). The number of ether oxygens (including phenoxy) is 1. The van der Waals surface area contributed by atoms with Crippen molar-refractivity contribution in [3.8, 4) is 0 Å². The molecule has 0 bridgehead atoms. The number of carbonyl (C=O) groups excluding carboxylic acids is 1. The summed E-state index contributed by atoms with van der Waals surface area (Å²) in [6.45, 7) is 7.76. The van der Waals surface area contributed by atoms with E-state index in [0.29, 0.717) is 5.56 Å². The van der Waals surface area contributed by atoms with Crippen molar-refractivity contribution in [2.75, 3.05) is 0 Å². The fourth-order valence-corrected chi connectivity index (χ4v) is 5.45. The minimum absolute atomic E-state index is 0.267. The molecule has 0 N–H and O–H groups in total. The summed E-state index contributed by atoms with van der Waals surface area (Å²) >= 11 is 0. The van der Waals surface area contributed by atoms with Gasteiger partial charge in [-0.2, -0.15) is 0 Å². The van der Waals surface area contributed by atoms with Gasteiger partial charge in [-0.3, -0.25) is 0 Å². The molecule has 0 aliphatic heterocycles. The van der Waals surface area contributed by atoms with Crippen molar-refractivity contribution < 1.29 is 9.53 Å². The van der Waals surface area contributed by atoms with Crippen LogP contribution in [0, 0.1) is 6.92 Å². The number of esters is 1. The average Bonchev–Trinajstić information content (AvgIpc) is 2.62. The monoisotopic (exact) mass is 376 g/mol. The summed E-state index contributed by atoms with van der Waals surface area (Å²) in [5.74, 6) is -0.267. The van der Waals surface area contributed by atoms with E-state index in [1.54, 1.807) is 0 Å². The molecule has 0 spiro atoms. The molecule has 27 heavy (non-hydrogen) atoms. The minimum atomic E-state index is -0.858. The summed E-state index contributed by atoms with van der Waals surface area (Å²) in [5, 5.41) is 3.47. The van der Waals surface area contributed by atoms with Crippen molar-refractivity contribution in [3.05, 3.63) is 90.0 Å². The van der Waals surface area contributed by atoms with Gasteiger partial charge in [-0.25, -0.2) is 4.79 Å². The van der Waals surface area contributed by atoms with E-state index in [9.17, 15) is 4.79 Å². The molecule has 0 atom stereocenters. The normalized spacial score (nSPS) is 11.4. The van der Waals surface area contributed by atoms with Gasteiger partial charge in [0.1, 0.15) is 5.60 Å². The molecule has 0 saturated heterocycles. The van der Waals surface area contributed by atoms with Gasteiger partial charge in [-0.15, -0.1) is 0 Å². The van der Waals surface area contributed by atoms with Crippen LogP contribution in [-0.2, 0) is 4.74 Å². The van der Waals surface area contributed by atoms with Crippen LogP contribution in [0.15, 0.2) is 78.9 Å². The lowest BCUT2D eigenvalue weighted by molar-refractivity contribution is 0.00712. The van der Waals surface area contributed by atoms with Crippen LogP contribution in [0.5, 0.6) is 0 Å². The van der Waals surface area contributed by atoms with Crippen molar-refractivity contribution in [1.82, 2.24) is 0 Å². The molecular formula is C24H25O2P. The third-order valence-electron chi connectivity index (χ3n) is 4.04. The molecule has 3 aromatic rings. The number of hydrogen-bond acceptors (Lipinski definition) is 2. The maximum Gasteiger partial charge on any atom is 0.339 e. The molecule has 0 aliphatic carbocycles. The first kappa shape index (κ1) is 19.3. The number of hydrogen-bond donors (Lipinski definition) is 0. The molecule has 2 nitrogen and oxygen atoms in total. The Hall–Kier alpha value is -2.44. The van der Waals surface area contributed by atoms with Gasteiger partial charge in [0.2, 0.25) is 0 Å². The van der Waals surface area contributed by atoms with Crippen LogP contribution in [0.3, 0.4) is 0 Å². The van der Waals surface area contributed by atoms with Crippen molar-refractivity contribution in [1.29, 1.82) is 0 Å². The van der Waals surface area contributed by atoms with Crippen molar-refractivity contribution in [2.45, 2.75) is 33.3 Å². The fraction of sp³-hybridized carbons (Fsp3) is 0.208. The Bertz CT molecular complexity index is 873. The lowest BCUT2D eigenvalue weighted by Crippen LogP contribution is -2.30. The highest BCUT2D eigenvalue weighted by Gasteiger charge is 2.25. The summed E-state index contributed by atoms with van der Waals surface area (Å²) in [7, 11) is -0.858. The highest BCUT2D eigenvalue weighted by atomic mass is 31.1. The maximum atomic E-state index is 12.9. The number of aryl methyl sites for hydroxylation is 1. The summed E-state index contributed by atoms with van der Waals surface area (Å²) in [5.41, 5.74) is 1.26. The van der Waals surface area contributed by atoms with Crippen LogP contribution in [0.1, 0.15) is 36.7 Å². The van der Waals surface area contributed by atoms with Gasteiger partial charge >= 0.3 is 5.97 Å². The molecule has 0 fully saturated rings. The molecule has 0 radical (unpaired) electrons. The van der Waals surface area contributed by atoms with Gasteiger partial charge in [-0.1, -0.05) is 78.4 Å². The van der Waals surface area contributed by atoms with Crippen LogP contribution in [0.25, 0.3) is 0 Å². The molecule has 0 unspecified atom stereocenters. The number of rotatable bonds is 4.